The molecule has 92 valence electrons. The first-order valence-electron chi connectivity index (χ1n) is 5.38. The number of hydrogen-bond acceptors (Lipinski definition) is 2. The highest BCUT2D eigenvalue weighted by Gasteiger charge is 2.00. The molecule has 0 atom stereocenters. The Morgan fingerprint density at radius 3 is 2.88 bits per heavy atom. The fourth-order valence-electron chi connectivity index (χ4n) is 1.34. The lowest BCUT2D eigenvalue weighted by molar-refractivity contribution is -0.118. The van der Waals surface area contributed by atoms with Crippen LogP contribution in [-0.4, -0.2) is 19.6 Å². The molecule has 0 saturated heterocycles. The van der Waals surface area contributed by atoms with Gasteiger partial charge in [0.25, 0.3) is 0 Å². The number of carbonyl (C=O) groups is 1. The lowest BCUT2D eigenvalue weighted by Gasteiger charge is -2.02. The van der Waals surface area contributed by atoms with Crippen LogP contribution in [0.3, 0.4) is 0 Å². The number of halogens is 1. The van der Waals surface area contributed by atoms with E-state index in [1.54, 1.807) is 12.1 Å². The summed E-state index contributed by atoms with van der Waals surface area (Å²) in [5.74, 6) is -0.189. The van der Waals surface area contributed by atoms with Crippen molar-refractivity contribution in [3.8, 4) is 5.75 Å². The maximum atomic E-state index is 13.3. The van der Waals surface area contributed by atoms with Crippen LogP contribution in [0.15, 0.2) is 24.3 Å². The molecule has 0 bridgehead atoms. The highest BCUT2D eigenvalue weighted by Crippen LogP contribution is 2.18. The highest BCUT2D eigenvalue weighted by molar-refractivity contribution is 5.72. The monoisotopic (exact) mass is 237 g/mol. The molecule has 0 aliphatic heterocycles. The largest absolute Gasteiger partial charge is 0.494 e. The van der Waals surface area contributed by atoms with Gasteiger partial charge in [0, 0.05) is 13.5 Å². The zero-order valence-electron chi connectivity index (χ0n) is 10.00. The number of rotatable bonds is 5. The Morgan fingerprint density at radius 2 is 2.29 bits per heavy atom. The van der Waals surface area contributed by atoms with Gasteiger partial charge in [-0.1, -0.05) is 18.2 Å². The third-order valence-corrected chi connectivity index (χ3v) is 2.17. The Bertz CT molecular complexity index is 416. The molecule has 3 nitrogen and oxygen atoms in total. The number of carbonyl (C=O) groups excluding carboxylic acids is 1. The molecule has 0 aromatic heterocycles. The van der Waals surface area contributed by atoms with Crippen molar-refractivity contribution in [1.82, 2.24) is 5.32 Å². The lowest BCUT2D eigenvalue weighted by atomic mass is 10.2. The smallest absolute Gasteiger partial charge is 0.216 e. The first-order valence-corrected chi connectivity index (χ1v) is 5.38. The van der Waals surface area contributed by atoms with Crippen molar-refractivity contribution in [2.24, 2.45) is 0 Å². The molecule has 0 heterocycles. The van der Waals surface area contributed by atoms with Gasteiger partial charge in [0.05, 0.1) is 7.11 Å². The van der Waals surface area contributed by atoms with Gasteiger partial charge in [0.1, 0.15) is 0 Å². The van der Waals surface area contributed by atoms with Crippen molar-refractivity contribution in [3.63, 3.8) is 0 Å². The third-order valence-electron chi connectivity index (χ3n) is 2.17. The van der Waals surface area contributed by atoms with Crippen LogP contribution < -0.4 is 10.1 Å². The average Bonchev–Trinajstić information content (AvgIpc) is 2.28. The maximum absolute atomic E-state index is 13.3. The molecule has 1 amide bonds. The van der Waals surface area contributed by atoms with Gasteiger partial charge in [-0.25, -0.2) is 4.39 Å². The minimum absolute atomic E-state index is 0.0473. The number of hydrogen-bond donors (Lipinski definition) is 1. The lowest BCUT2D eigenvalue weighted by Crippen LogP contribution is -2.20. The van der Waals surface area contributed by atoms with Gasteiger partial charge in [-0.15, -0.1) is 0 Å². The quantitative estimate of drug-likeness (QED) is 0.798. The summed E-state index contributed by atoms with van der Waals surface area (Å²) in [7, 11) is 1.43. The van der Waals surface area contributed by atoms with Crippen LogP contribution >= 0.6 is 0 Å². The van der Waals surface area contributed by atoms with Gasteiger partial charge in [0.2, 0.25) is 5.91 Å². The summed E-state index contributed by atoms with van der Waals surface area (Å²) in [4.78, 5) is 10.6. The fraction of sp³-hybridized carbons (Fsp3) is 0.308. The van der Waals surface area contributed by atoms with Crippen LogP contribution in [0.25, 0.3) is 6.08 Å². The van der Waals surface area contributed by atoms with Crippen molar-refractivity contribution < 1.29 is 13.9 Å². The van der Waals surface area contributed by atoms with E-state index in [1.165, 1.54) is 20.1 Å². The van der Waals surface area contributed by atoms with Crippen molar-refractivity contribution in [1.29, 1.82) is 0 Å². The van der Waals surface area contributed by atoms with Gasteiger partial charge >= 0.3 is 0 Å². The van der Waals surface area contributed by atoms with Gasteiger partial charge in [-0.2, -0.15) is 0 Å². The predicted molar refractivity (Wildman–Crippen MR) is 65.3 cm³/mol. The molecule has 0 aliphatic rings. The van der Waals surface area contributed by atoms with E-state index in [2.05, 4.69) is 5.32 Å². The summed E-state index contributed by atoms with van der Waals surface area (Å²) in [6.07, 6.45) is 4.41. The molecule has 17 heavy (non-hydrogen) atoms. The predicted octanol–water partition coefficient (Wildman–Crippen LogP) is 2.37. The summed E-state index contributed by atoms with van der Waals surface area (Å²) >= 11 is 0. The third kappa shape index (κ3) is 4.68. The van der Waals surface area contributed by atoms with Gasteiger partial charge in [-0.05, 0) is 24.1 Å². The summed E-state index contributed by atoms with van der Waals surface area (Å²) in [5.41, 5.74) is 0.770. The molecule has 1 aromatic carbocycles. The Kier molecular flexibility index (Phi) is 5.20. The number of amides is 1. The number of benzene rings is 1. The second-order valence-electron chi connectivity index (χ2n) is 3.57. The molecule has 0 fully saturated rings. The molecule has 1 rings (SSSR count). The van der Waals surface area contributed by atoms with E-state index in [0.717, 1.165) is 5.56 Å². The van der Waals surface area contributed by atoms with Crippen LogP contribution in [0.1, 0.15) is 18.9 Å². The number of ether oxygens (including phenoxy) is 1. The van der Waals surface area contributed by atoms with Crippen LogP contribution in [0.4, 0.5) is 4.39 Å². The zero-order valence-corrected chi connectivity index (χ0v) is 10.00. The van der Waals surface area contributed by atoms with E-state index < -0.39 is 0 Å². The van der Waals surface area contributed by atoms with Crippen LogP contribution in [0.5, 0.6) is 5.75 Å². The molecule has 4 heteroatoms. The van der Waals surface area contributed by atoms with Crippen molar-refractivity contribution in [2.45, 2.75) is 13.3 Å². The standard InChI is InChI=1S/C13H16FNO2/c1-10(16)15-8-4-3-5-11-6-7-13(17-2)12(14)9-11/h3,5-7,9H,4,8H2,1-2H3,(H,15,16). The van der Waals surface area contributed by atoms with Crippen LogP contribution in [0.2, 0.25) is 0 Å². The summed E-state index contributed by atoms with van der Waals surface area (Å²) in [5, 5.41) is 2.68. The minimum Gasteiger partial charge on any atom is -0.494 e. The maximum Gasteiger partial charge on any atom is 0.216 e. The normalized spacial score (nSPS) is 10.5. The van der Waals surface area contributed by atoms with Crippen molar-refractivity contribution in [3.05, 3.63) is 35.7 Å². The molecular formula is C13H16FNO2. The molecule has 1 N–H and O–H groups in total. The first-order chi connectivity index (χ1) is 8.13. The number of methoxy groups -OCH3 is 1. The topological polar surface area (TPSA) is 38.3 Å². The highest BCUT2D eigenvalue weighted by atomic mass is 19.1. The minimum atomic E-state index is -0.378. The first kappa shape index (κ1) is 13.2. The Morgan fingerprint density at radius 1 is 1.53 bits per heavy atom. The summed E-state index contributed by atoms with van der Waals surface area (Å²) in [6.45, 7) is 2.06. The van der Waals surface area contributed by atoms with Gasteiger partial charge in [0.15, 0.2) is 11.6 Å². The molecule has 0 aliphatic carbocycles. The van der Waals surface area contributed by atoms with Crippen molar-refractivity contribution in [2.75, 3.05) is 13.7 Å². The van der Waals surface area contributed by atoms with E-state index in [-0.39, 0.29) is 17.5 Å². The molecule has 0 saturated carbocycles. The van der Waals surface area contributed by atoms with Gasteiger partial charge < -0.3 is 10.1 Å². The molecule has 0 unspecified atom stereocenters. The Labute approximate surface area is 100 Å². The van der Waals surface area contributed by atoms with E-state index in [4.69, 9.17) is 4.74 Å². The Balaban J connectivity index is 2.48. The Hall–Kier alpha value is -1.84. The molecule has 0 radical (unpaired) electrons. The summed E-state index contributed by atoms with van der Waals surface area (Å²) < 4.78 is 18.1. The van der Waals surface area contributed by atoms with E-state index in [1.807, 2.05) is 12.2 Å². The van der Waals surface area contributed by atoms with Crippen molar-refractivity contribution >= 4 is 12.0 Å². The van der Waals surface area contributed by atoms with Crippen LogP contribution in [0, 0.1) is 5.82 Å². The number of nitrogens with one attached hydrogen (secondary N) is 1. The second-order valence-corrected chi connectivity index (χ2v) is 3.57. The SMILES string of the molecule is COc1ccc(C=CCCNC(C)=O)cc1F. The van der Waals surface area contributed by atoms with E-state index >= 15 is 0 Å². The summed E-state index contributed by atoms with van der Waals surface area (Å²) in [6, 6.07) is 4.77. The van der Waals surface area contributed by atoms with Gasteiger partial charge in [-0.3, -0.25) is 4.79 Å². The zero-order chi connectivity index (χ0) is 12.7. The fourth-order valence-corrected chi connectivity index (χ4v) is 1.34. The molecule has 0 spiro atoms. The van der Waals surface area contributed by atoms with E-state index in [9.17, 15) is 9.18 Å². The van der Waals surface area contributed by atoms with E-state index in [0.29, 0.717) is 13.0 Å². The van der Waals surface area contributed by atoms with Crippen LogP contribution in [-0.2, 0) is 4.79 Å². The molecular weight excluding hydrogens is 221 g/mol. The second kappa shape index (κ2) is 6.68. The average molecular weight is 237 g/mol. The molecule has 1 aromatic rings.